The number of hydrazone groups is 2. The fraction of sp³-hybridized carbons (Fsp3) is 0.103. The van der Waals surface area contributed by atoms with Gasteiger partial charge in [-0.3, -0.25) is 14.4 Å². The van der Waals surface area contributed by atoms with E-state index in [1.807, 2.05) is 30.3 Å². The van der Waals surface area contributed by atoms with E-state index in [2.05, 4.69) is 30.7 Å². The Balaban J connectivity index is 0.00000397. The summed E-state index contributed by atoms with van der Waals surface area (Å²) in [6.45, 7) is 1.91. The number of nitrogens with zero attached hydrogens (tertiary/aromatic N) is 9. The second kappa shape index (κ2) is 21.3. The van der Waals surface area contributed by atoms with Crippen molar-refractivity contribution in [3.05, 3.63) is 134 Å². The average Bonchev–Trinajstić information content (AvgIpc) is 3.79. The number of aryl methyl sites for hydroxylation is 1. The molecule has 0 spiro atoms. The van der Waals surface area contributed by atoms with Crippen molar-refractivity contribution < 1.29 is 99.4 Å². The van der Waals surface area contributed by atoms with Gasteiger partial charge in [-0.2, -0.15) is 40.7 Å². The zero-order valence-corrected chi connectivity index (χ0v) is 42.4. The Bertz CT molecular complexity index is 3080. The normalized spacial score (nSPS) is 16.1. The van der Waals surface area contributed by atoms with E-state index in [0.717, 1.165) is 39.8 Å². The van der Waals surface area contributed by atoms with E-state index in [1.54, 1.807) is 43.3 Å². The molecule has 3 amide bonds. The predicted octanol–water partition coefficient (Wildman–Crippen LogP) is 2.24. The van der Waals surface area contributed by atoms with Gasteiger partial charge in [0.15, 0.2) is 12.1 Å². The molecule has 65 heavy (non-hydrogen) atoms. The van der Waals surface area contributed by atoms with E-state index < -0.39 is 69.9 Å². The van der Waals surface area contributed by atoms with Crippen LogP contribution in [-0.4, -0.2) is 68.2 Å². The maximum Gasteiger partial charge on any atom is 1.00 e. The first-order valence-corrected chi connectivity index (χ1v) is 22.2. The van der Waals surface area contributed by atoms with Crippen LogP contribution >= 0.6 is 46.4 Å². The molecule has 322 valence electrons. The zero-order valence-electron chi connectivity index (χ0n) is 33.8. The summed E-state index contributed by atoms with van der Waals surface area (Å²) in [5.74, 6) is -1.87. The fourth-order valence-electron chi connectivity index (χ4n) is 6.11. The predicted molar refractivity (Wildman–Crippen MR) is 232 cm³/mol. The average molecular weight is 1020 g/mol. The number of hydrogen-bond donors (Lipinski definition) is 0. The number of amides is 3. The van der Waals surface area contributed by atoms with Crippen molar-refractivity contribution >= 4 is 125 Å². The third kappa shape index (κ3) is 11.8. The van der Waals surface area contributed by atoms with Crippen LogP contribution in [0.15, 0.2) is 138 Å². The van der Waals surface area contributed by atoms with Gasteiger partial charge in [0.1, 0.15) is 20.2 Å². The van der Waals surface area contributed by atoms with Gasteiger partial charge >= 0.3 is 59.1 Å². The molecule has 2 heterocycles. The van der Waals surface area contributed by atoms with E-state index in [0.29, 0.717) is 11.3 Å². The molecule has 2 aliphatic rings. The summed E-state index contributed by atoms with van der Waals surface area (Å²) < 4.78 is 69.1. The van der Waals surface area contributed by atoms with Crippen LogP contribution in [0.5, 0.6) is 0 Å². The maximum atomic E-state index is 14.4. The monoisotopic (exact) mass is 1010 g/mol. The molecule has 0 aromatic heterocycles. The van der Waals surface area contributed by atoms with Gasteiger partial charge in [-0.05, 0) is 72.6 Å². The first kappa shape index (κ1) is 52.0. The van der Waals surface area contributed by atoms with Crippen LogP contribution in [0.25, 0.3) is 0 Å². The second-order valence-electron chi connectivity index (χ2n) is 13.4. The minimum Gasteiger partial charge on any atom is -0.744 e. The third-order valence-electron chi connectivity index (χ3n) is 9.17. The molecule has 2 unspecified atom stereocenters. The van der Waals surface area contributed by atoms with Crippen molar-refractivity contribution in [1.29, 1.82) is 0 Å². The Morgan fingerprint density at radius 2 is 1.15 bits per heavy atom. The summed E-state index contributed by atoms with van der Waals surface area (Å²) in [7, 11) is -9.90. The largest absolute Gasteiger partial charge is 1.00 e. The molecule has 2 aliphatic heterocycles. The standard InChI is InChI=1S/C39H27Cl4N9O9S2.2Na/c1-21-10-11-25(47-49-31-19-45-52(39(31)55)34-15-29(43)36(17-27(34)41)63(59,60)61)13-32(21)50(20-22-6-3-2-4-7-22)37(53)23-8-5-9-24(12-23)46-48-30-18-44-51(38(30)54)33-14-28(42)35(16-26(33)40)62(56,57)58;;/h2-19,30-31H,20H2,1H3,(H,56,57,58)(H,59,60,61);;/q;2*+1/p-2. The Morgan fingerprint density at radius 1 is 0.662 bits per heavy atom. The van der Waals surface area contributed by atoms with Gasteiger partial charge in [-0.25, -0.2) is 16.8 Å². The SMILES string of the molecule is Cc1ccc(N=NC2C=NN(c3cc(Cl)c(S(=O)(=O)[O-])cc3Cl)C2=O)cc1N(Cc1ccccc1)C(=O)c1cccc(N=NC2C=NN(c3cc(Cl)c(S(=O)(=O)[O-])cc3Cl)C2=O)c1.[Na+].[Na+]. The first-order chi connectivity index (χ1) is 29.8. The van der Waals surface area contributed by atoms with Crippen LogP contribution in [0.4, 0.5) is 28.4 Å². The van der Waals surface area contributed by atoms with Gasteiger partial charge < -0.3 is 14.0 Å². The van der Waals surface area contributed by atoms with Gasteiger partial charge in [-0.1, -0.05) is 88.9 Å². The van der Waals surface area contributed by atoms with Crippen molar-refractivity contribution in [3.8, 4) is 0 Å². The van der Waals surface area contributed by atoms with Gasteiger partial charge in [0.2, 0.25) is 0 Å². The Labute approximate surface area is 435 Å². The Kier molecular flexibility index (Phi) is 17.1. The van der Waals surface area contributed by atoms with Crippen LogP contribution < -0.4 is 74.0 Å². The van der Waals surface area contributed by atoms with Gasteiger partial charge in [0.25, 0.3) is 17.7 Å². The van der Waals surface area contributed by atoms with Crippen LogP contribution in [0.1, 0.15) is 21.5 Å². The molecule has 0 N–H and O–H groups in total. The van der Waals surface area contributed by atoms with Crippen molar-refractivity contribution in [2.75, 3.05) is 14.9 Å². The smallest absolute Gasteiger partial charge is 0.744 e. The van der Waals surface area contributed by atoms with Crippen molar-refractivity contribution in [1.82, 2.24) is 0 Å². The number of halogens is 4. The molecule has 0 aliphatic carbocycles. The van der Waals surface area contributed by atoms with Crippen LogP contribution in [-0.2, 0) is 36.4 Å². The molecule has 18 nitrogen and oxygen atoms in total. The number of carbonyl (C=O) groups excluding carboxylic acids is 3. The van der Waals surface area contributed by atoms with Crippen LogP contribution in [0.2, 0.25) is 20.1 Å². The molecule has 26 heteroatoms. The summed E-state index contributed by atoms with van der Waals surface area (Å²) in [6, 6.07) is 21.5. The van der Waals surface area contributed by atoms with Crippen LogP contribution in [0, 0.1) is 6.92 Å². The fourth-order valence-corrected chi connectivity index (χ4v) is 8.73. The van der Waals surface area contributed by atoms with E-state index in [4.69, 9.17) is 46.4 Å². The van der Waals surface area contributed by atoms with Gasteiger partial charge in [-0.15, -0.1) is 0 Å². The van der Waals surface area contributed by atoms with Gasteiger partial charge in [0, 0.05) is 11.3 Å². The topological polar surface area (TPSA) is 249 Å². The molecule has 5 aromatic carbocycles. The molecule has 0 fully saturated rings. The number of carbonyl (C=O) groups is 3. The molecule has 2 atom stereocenters. The second-order valence-corrected chi connectivity index (χ2v) is 17.7. The summed E-state index contributed by atoms with van der Waals surface area (Å²) in [4.78, 5) is 40.9. The van der Waals surface area contributed by atoms with E-state index in [-0.39, 0.29) is 104 Å². The Hall–Kier alpha value is -3.97. The van der Waals surface area contributed by atoms with E-state index in [1.165, 1.54) is 23.4 Å². The maximum absolute atomic E-state index is 14.4. The van der Waals surface area contributed by atoms with Crippen molar-refractivity contribution in [2.24, 2.45) is 30.7 Å². The van der Waals surface area contributed by atoms with Gasteiger partial charge in [0.05, 0.1) is 71.6 Å². The summed E-state index contributed by atoms with van der Waals surface area (Å²) in [5.41, 5.74) is 2.41. The van der Waals surface area contributed by atoms with Crippen molar-refractivity contribution in [3.63, 3.8) is 0 Å². The van der Waals surface area contributed by atoms with Crippen molar-refractivity contribution in [2.45, 2.75) is 35.3 Å². The Morgan fingerprint density at radius 3 is 1.65 bits per heavy atom. The third-order valence-corrected chi connectivity index (χ3v) is 12.4. The molecule has 5 aromatic rings. The summed E-state index contributed by atoms with van der Waals surface area (Å²) >= 11 is 24.4. The molecule has 0 saturated heterocycles. The summed E-state index contributed by atoms with van der Waals surface area (Å²) in [6.07, 6.45) is 2.35. The molecule has 0 bridgehead atoms. The molecule has 0 saturated carbocycles. The first-order valence-electron chi connectivity index (χ1n) is 17.8. The number of hydrogen-bond acceptors (Lipinski definition) is 15. The van der Waals surface area contributed by atoms with Crippen LogP contribution in [0.3, 0.4) is 0 Å². The molecule has 7 rings (SSSR count). The molecular formula is C39H25Cl4N9Na2O9S2. The summed E-state index contributed by atoms with van der Waals surface area (Å²) in [5, 5.41) is 24.9. The molecular weight excluding hydrogens is 990 g/mol. The molecule has 0 radical (unpaired) electrons. The number of rotatable bonds is 12. The minimum absolute atomic E-state index is 0. The zero-order chi connectivity index (χ0) is 45.4. The number of anilines is 3. The van der Waals surface area contributed by atoms with E-state index >= 15 is 0 Å². The van der Waals surface area contributed by atoms with E-state index in [9.17, 15) is 40.3 Å². The number of benzene rings is 5. The minimum atomic E-state index is -4.95. The quantitative estimate of drug-likeness (QED) is 0.101. The number of azo groups is 2.